The van der Waals surface area contributed by atoms with Gasteiger partial charge in [-0.1, -0.05) is 18.2 Å². The zero-order valence-electron chi connectivity index (χ0n) is 15.7. The first-order valence-electron chi connectivity index (χ1n) is 9.57. The first-order chi connectivity index (χ1) is 13.2. The van der Waals surface area contributed by atoms with Crippen molar-refractivity contribution in [3.63, 3.8) is 0 Å². The van der Waals surface area contributed by atoms with E-state index in [1.54, 1.807) is 0 Å². The van der Waals surface area contributed by atoms with E-state index in [1.807, 2.05) is 18.2 Å². The first-order valence-corrected chi connectivity index (χ1v) is 9.57. The predicted molar refractivity (Wildman–Crippen MR) is 110 cm³/mol. The number of hydrogen-bond donors (Lipinski definition) is 1. The summed E-state index contributed by atoms with van der Waals surface area (Å²) in [6, 6.07) is 5.83. The summed E-state index contributed by atoms with van der Waals surface area (Å²) in [7, 11) is 0. The molecule has 0 aliphatic carbocycles. The van der Waals surface area contributed by atoms with Gasteiger partial charge in [-0.3, -0.25) is 4.79 Å². The van der Waals surface area contributed by atoms with E-state index in [9.17, 15) is 4.79 Å². The second-order valence-electron chi connectivity index (χ2n) is 7.09. The molecule has 0 saturated carbocycles. The number of rotatable bonds is 4. The van der Waals surface area contributed by atoms with Crippen molar-refractivity contribution in [3.05, 3.63) is 42.5 Å². The molecular formula is C21H25N5O. The normalized spacial score (nSPS) is 18.5. The quantitative estimate of drug-likeness (QED) is 0.665. The third-order valence-electron chi connectivity index (χ3n) is 5.31. The van der Waals surface area contributed by atoms with Crippen LogP contribution in [-0.4, -0.2) is 42.1 Å². The Balaban J connectivity index is 1.79. The zero-order chi connectivity index (χ0) is 18.8. The van der Waals surface area contributed by atoms with Crippen LogP contribution in [0.4, 0.5) is 17.5 Å². The molecule has 0 bridgehead atoms. The lowest BCUT2D eigenvalue weighted by atomic mass is 10.2. The van der Waals surface area contributed by atoms with Crippen LogP contribution in [0.25, 0.3) is 10.9 Å². The van der Waals surface area contributed by atoms with E-state index in [0.29, 0.717) is 0 Å². The minimum atomic E-state index is -0.222. The van der Waals surface area contributed by atoms with E-state index >= 15 is 0 Å². The van der Waals surface area contributed by atoms with Gasteiger partial charge in [-0.2, -0.15) is 4.98 Å². The van der Waals surface area contributed by atoms with Crippen LogP contribution >= 0.6 is 0 Å². The topological polar surface area (TPSA) is 61.4 Å². The Hall–Kier alpha value is -2.89. The molecule has 0 unspecified atom stereocenters. The van der Waals surface area contributed by atoms with E-state index in [2.05, 4.69) is 34.7 Å². The highest BCUT2D eigenvalue weighted by Crippen LogP contribution is 2.32. The second kappa shape index (κ2) is 7.39. The molecule has 2 fully saturated rings. The lowest BCUT2D eigenvalue weighted by molar-refractivity contribution is -0.111. The molecule has 2 aromatic rings. The van der Waals surface area contributed by atoms with E-state index in [1.165, 1.54) is 24.5 Å². The van der Waals surface area contributed by atoms with Gasteiger partial charge in [0.2, 0.25) is 11.9 Å². The second-order valence-corrected chi connectivity index (χ2v) is 7.09. The number of nitrogens with zero attached hydrogens (tertiary/aromatic N) is 4. The average Bonchev–Trinajstić information content (AvgIpc) is 3.38. The monoisotopic (exact) mass is 363 g/mol. The number of amides is 1. The number of hydrogen-bond acceptors (Lipinski definition) is 5. The smallest absolute Gasteiger partial charge is 0.247 e. The van der Waals surface area contributed by atoms with Crippen LogP contribution < -0.4 is 15.1 Å². The van der Waals surface area contributed by atoms with Gasteiger partial charge in [0, 0.05) is 37.3 Å². The van der Waals surface area contributed by atoms with Crippen LogP contribution in [0, 0.1) is 0 Å². The van der Waals surface area contributed by atoms with Crippen molar-refractivity contribution in [2.45, 2.75) is 26.2 Å². The maximum absolute atomic E-state index is 11.7. The molecule has 4 rings (SSSR count). The molecule has 140 valence electrons. The molecule has 3 heterocycles. The Morgan fingerprint density at radius 2 is 2.00 bits per heavy atom. The number of nitrogens with one attached hydrogen (secondary N) is 1. The summed E-state index contributed by atoms with van der Waals surface area (Å²) in [4.78, 5) is 26.0. The van der Waals surface area contributed by atoms with Crippen LogP contribution in [0.2, 0.25) is 0 Å². The Kier molecular flexibility index (Phi) is 4.79. The Bertz CT molecular complexity index is 914. The Morgan fingerprint density at radius 3 is 2.70 bits per heavy atom. The van der Waals surface area contributed by atoms with Crippen molar-refractivity contribution in [1.82, 2.24) is 9.97 Å². The van der Waals surface area contributed by atoms with Gasteiger partial charge < -0.3 is 15.1 Å². The van der Waals surface area contributed by atoms with Gasteiger partial charge in [-0.05, 0) is 50.5 Å². The molecule has 2 aliphatic heterocycles. The SMILES string of the molecule is C=CC(=O)Nc1ccc2c(N3CC/C(=C/C)C3)nc(N3CCCC3)nc2c1. The molecule has 6 heteroatoms. The minimum Gasteiger partial charge on any atom is -0.352 e. The lowest BCUT2D eigenvalue weighted by Crippen LogP contribution is -2.24. The van der Waals surface area contributed by atoms with E-state index < -0.39 is 0 Å². The van der Waals surface area contributed by atoms with E-state index in [0.717, 1.165) is 61.0 Å². The summed E-state index contributed by atoms with van der Waals surface area (Å²) >= 11 is 0. The predicted octanol–water partition coefficient (Wildman–Crippen LogP) is 3.51. The lowest BCUT2D eigenvalue weighted by Gasteiger charge is -2.22. The fourth-order valence-corrected chi connectivity index (χ4v) is 3.77. The number of allylic oxidation sites excluding steroid dienone is 1. The summed E-state index contributed by atoms with van der Waals surface area (Å²) < 4.78 is 0. The highest BCUT2D eigenvalue weighted by atomic mass is 16.1. The molecule has 0 atom stereocenters. The van der Waals surface area contributed by atoms with Crippen LogP contribution in [0.3, 0.4) is 0 Å². The van der Waals surface area contributed by atoms with Gasteiger partial charge in [0.05, 0.1) is 5.52 Å². The molecule has 1 aromatic heterocycles. The van der Waals surface area contributed by atoms with Crippen molar-refractivity contribution in [1.29, 1.82) is 0 Å². The van der Waals surface area contributed by atoms with Crippen molar-refractivity contribution >= 4 is 34.3 Å². The fraction of sp³-hybridized carbons (Fsp3) is 0.381. The van der Waals surface area contributed by atoms with Crippen LogP contribution in [0.15, 0.2) is 42.5 Å². The van der Waals surface area contributed by atoms with Crippen LogP contribution in [0.5, 0.6) is 0 Å². The van der Waals surface area contributed by atoms with Crippen molar-refractivity contribution in [3.8, 4) is 0 Å². The van der Waals surface area contributed by atoms with Gasteiger partial charge in [0.1, 0.15) is 5.82 Å². The van der Waals surface area contributed by atoms with Crippen LogP contribution in [0.1, 0.15) is 26.2 Å². The standard InChI is InChI=1S/C21H25N5O/c1-3-15-9-12-26(14-15)20-17-8-7-16(22-19(27)4-2)13-18(17)23-21(24-20)25-10-5-6-11-25/h3-4,7-8,13H,2,5-6,9-12,14H2,1H3,(H,22,27)/b15-3-. The average molecular weight is 363 g/mol. The number of anilines is 3. The Morgan fingerprint density at radius 1 is 1.19 bits per heavy atom. The van der Waals surface area contributed by atoms with E-state index in [-0.39, 0.29) is 5.91 Å². The van der Waals surface area contributed by atoms with Crippen molar-refractivity contribution in [2.75, 3.05) is 41.3 Å². The number of carbonyl (C=O) groups excluding carboxylic acids is 1. The molecule has 2 saturated heterocycles. The zero-order valence-corrected chi connectivity index (χ0v) is 15.7. The first kappa shape index (κ1) is 17.5. The van der Waals surface area contributed by atoms with Gasteiger partial charge in [-0.25, -0.2) is 4.98 Å². The molecule has 6 nitrogen and oxygen atoms in total. The van der Waals surface area contributed by atoms with Crippen molar-refractivity contribution < 1.29 is 4.79 Å². The number of carbonyl (C=O) groups is 1. The van der Waals surface area contributed by atoms with E-state index in [4.69, 9.17) is 9.97 Å². The molecular weight excluding hydrogens is 338 g/mol. The molecule has 1 N–H and O–H groups in total. The molecule has 2 aliphatic rings. The molecule has 1 amide bonds. The van der Waals surface area contributed by atoms with Gasteiger partial charge in [0.15, 0.2) is 0 Å². The van der Waals surface area contributed by atoms with Gasteiger partial charge in [0.25, 0.3) is 0 Å². The Labute approximate surface area is 159 Å². The molecule has 1 aromatic carbocycles. The summed E-state index contributed by atoms with van der Waals surface area (Å²) in [5, 5.41) is 3.84. The number of benzene rings is 1. The third-order valence-corrected chi connectivity index (χ3v) is 5.31. The highest BCUT2D eigenvalue weighted by molar-refractivity contribution is 6.01. The van der Waals surface area contributed by atoms with Crippen LogP contribution in [-0.2, 0) is 4.79 Å². The molecule has 0 radical (unpaired) electrons. The largest absolute Gasteiger partial charge is 0.352 e. The third kappa shape index (κ3) is 3.52. The summed E-state index contributed by atoms with van der Waals surface area (Å²) in [5.41, 5.74) is 3.03. The van der Waals surface area contributed by atoms with Crippen molar-refractivity contribution in [2.24, 2.45) is 0 Å². The summed E-state index contributed by atoms with van der Waals surface area (Å²) in [5.74, 6) is 1.55. The van der Waals surface area contributed by atoms with Gasteiger partial charge in [-0.15, -0.1) is 0 Å². The summed E-state index contributed by atoms with van der Waals surface area (Å²) in [6.45, 7) is 9.49. The summed E-state index contributed by atoms with van der Waals surface area (Å²) in [6.07, 6.45) is 6.91. The minimum absolute atomic E-state index is 0.222. The number of fused-ring (bicyclic) bond motifs is 1. The molecule has 0 spiro atoms. The number of aromatic nitrogens is 2. The fourth-order valence-electron chi connectivity index (χ4n) is 3.77. The van der Waals surface area contributed by atoms with Gasteiger partial charge >= 0.3 is 0 Å². The molecule has 27 heavy (non-hydrogen) atoms. The maximum atomic E-state index is 11.7. The highest BCUT2D eigenvalue weighted by Gasteiger charge is 2.23. The maximum Gasteiger partial charge on any atom is 0.247 e.